The molecule has 1 N–H and O–H groups in total. The molecule has 0 atom stereocenters. The number of nitrogens with one attached hydrogen (secondary N) is 1. The first-order valence-corrected chi connectivity index (χ1v) is 11.8. The molecule has 0 fully saturated rings. The Labute approximate surface area is 198 Å². The minimum atomic E-state index is -1.46. The molecule has 2 heterocycles. The van der Waals surface area contributed by atoms with E-state index in [1.165, 1.54) is 0 Å². The third-order valence-corrected chi connectivity index (χ3v) is 6.66. The molecule has 8 heteroatoms. The number of anilines is 1. The molecule has 8 nitrogen and oxygen atoms in total. The predicted molar refractivity (Wildman–Crippen MR) is 127 cm³/mol. The van der Waals surface area contributed by atoms with Crippen LogP contribution in [0.2, 0.25) is 0 Å². The van der Waals surface area contributed by atoms with Gasteiger partial charge in [0.25, 0.3) is 0 Å². The number of hydrogen-bond acceptors (Lipinski definition) is 6. The number of H-pyrrole nitrogens is 1. The highest BCUT2D eigenvalue weighted by Gasteiger charge is 2.54. The van der Waals surface area contributed by atoms with E-state index in [0.29, 0.717) is 28.9 Å². The summed E-state index contributed by atoms with van der Waals surface area (Å²) in [5.74, 6) is -1.42. The maximum absolute atomic E-state index is 13.8. The molecule has 1 aromatic carbocycles. The Kier molecular flexibility index (Phi) is 6.59. The number of aromatic amines is 1. The first kappa shape index (κ1) is 23.7. The number of rotatable bonds is 8. The standard InChI is InChI=1S/C26H30N2O6/c1-4-11-28-20-12-17-16-9-7-8-10-21(29)24(16)27-19(17)13-18(20)26(25(28)32,14-22(30)33-5-2)15-23(31)34-6-3/h4,12-13,27H,1,5-11,14-15H2,2-3H3. The van der Waals surface area contributed by atoms with Crippen molar-refractivity contribution in [2.24, 2.45) is 0 Å². The van der Waals surface area contributed by atoms with Gasteiger partial charge in [-0.3, -0.25) is 19.2 Å². The fourth-order valence-electron chi connectivity index (χ4n) is 5.22. The molecule has 2 aliphatic rings. The number of amides is 1. The lowest BCUT2D eigenvalue weighted by molar-refractivity contribution is -0.151. The Balaban J connectivity index is 1.94. The average molecular weight is 467 g/mol. The summed E-state index contributed by atoms with van der Waals surface area (Å²) in [7, 11) is 0. The fourth-order valence-corrected chi connectivity index (χ4v) is 5.22. The molecule has 1 aliphatic heterocycles. The van der Waals surface area contributed by atoms with E-state index in [0.717, 1.165) is 30.2 Å². The Hall–Kier alpha value is -3.42. The molecule has 0 unspecified atom stereocenters. The first-order valence-electron chi connectivity index (χ1n) is 11.8. The van der Waals surface area contributed by atoms with Gasteiger partial charge in [-0.05, 0) is 56.4 Å². The predicted octanol–water partition coefficient (Wildman–Crippen LogP) is 3.75. The highest BCUT2D eigenvalue weighted by molar-refractivity contribution is 6.14. The van der Waals surface area contributed by atoms with Crippen molar-refractivity contribution < 1.29 is 28.7 Å². The van der Waals surface area contributed by atoms with Crippen molar-refractivity contribution in [3.8, 4) is 0 Å². The Morgan fingerprint density at radius 1 is 1.09 bits per heavy atom. The summed E-state index contributed by atoms with van der Waals surface area (Å²) in [6, 6.07) is 3.71. The van der Waals surface area contributed by atoms with Gasteiger partial charge in [-0.1, -0.05) is 6.08 Å². The van der Waals surface area contributed by atoms with Crippen LogP contribution in [-0.2, 0) is 35.7 Å². The maximum Gasteiger partial charge on any atom is 0.307 e. The minimum Gasteiger partial charge on any atom is -0.466 e. The summed E-state index contributed by atoms with van der Waals surface area (Å²) in [6.45, 7) is 7.70. The molecule has 1 aromatic heterocycles. The minimum absolute atomic E-state index is 0.0761. The van der Waals surface area contributed by atoms with Gasteiger partial charge in [0.15, 0.2) is 5.78 Å². The molecule has 0 spiro atoms. The molecule has 0 saturated heterocycles. The number of carbonyl (C=O) groups excluding carboxylic acids is 4. The van der Waals surface area contributed by atoms with E-state index in [9.17, 15) is 19.2 Å². The van der Waals surface area contributed by atoms with Crippen LogP contribution in [0.4, 0.5) is 5.69 Å². The molecule has 1 amide bonds. The third-order valence-electron chi connectivity index (χ3n) is 6.66. The molecular formula is C26H30N2O6. The number of nitrogens with zero attached hydrogens (tertiary/aromatic N) is 1. The monoisotopic (exact) mass is 466 g/mol. The van der Waals surface area contributed by atoms with Crippen molar-refractivity contribution in [3.63, 3.8) is 0 Å². The van der Waals surface area contributed by atoms with Crippen molar-refractivity contribution in [2.75, 3.05) is 24.7 Å². The van der Waals surface area contributed by atoms with Crippen molar-refractivity contribution in [1.82, 2.24) is 4.98 Å². The van der Waals surface area contributed by atoms with Crippen LogP contribution >= 0.6 is 0 Å². The normalized spacial score (nSPS) is 16.7. The summed E-state index contributed by atoms with van der Waals surface area (Å²) in [5, 5.41) is 0.883. The number of ketones is 1. The van der Waals surface area contributed by atoms with Crippen LogP contribution < -0.4 is 4.90 Å². The van der Waals surface area contributed by atoms with E-state index < -0.39 is 17.4 Å². The van der Waals surface area contributed by atoms with Crippen molar-refractivity contribution in [3.05, 3.63) is 41.6 Å². The van der Waals surface area contributed by atoms with Gasteiger partial charge in [0.1, 0.15) is 0 Å². The number of benzene rings is 1. The molecule has 0 radical (unpaired) electrons. The first-order chi connectivity index (χ1) is 16.4. The second kappa shape index (κ2) is 9.44. The molecule has 4 rings (SSSR count). The largest absolute Gasteiger partial charge is 0.466 e. The Bertz CT molecular complexity index is 1160. The van der Waals surface area contributed by atoms with Crippen LogP contribution in [-0.4, -0.2) is 48.4 Å². The molecule has 0 bridgehead atoms. The van der Waals surface area contributed by atoms with Crippen LogP contribution in [0.1, 0.15) is 67.6 Å². The zero-order valence-corrected chi connectivity index (χ0v) is 19.7. The van der Waals surface area contributed by atoms with Gasteiger partial charge in [0.2, 0.25) is 5.91 Å². The van der Waals surface area contributed by atoms with Gasteiger partial charge >= 0.3 is 11.9 Å². The Morgan fingerprint density at radius 2 is 1.74 bits per heavy atom. The third kappa shape index (κ3) is 3.91. The van der Waals surface area contributed by atoms with E-state index in [-0.39, 0.29) is 44.3 Å². The van der Waals surface area contributed by atoms with Crippen molar-refractivity contribution >= 4 is 40.2 Å². The lowest BCUT2D eigenvalue weighted by Gasteiger charge is -2.27. The quantitative estimate of drug-likeness (QED) is 0.361. The number of fused-ring (bicyclic) bond motifs is 4. The van der Waals surface area contributed by atoms with Gasteiger partial charge in [-0.15, -0.1) is 6.58 Å². The van der Waals surface area contributed by atoms with E-state index >= 15 is 0 Å². The molecule has 2 aromatic rings. The van der Waals surface area contributed by atoms with Gasteiger partial charge in [-0.2, -0.15) is 0 Å². The fraction of sp³-hybridized carbons (Fsp3) is 0.462. The number of hydrogen-bond donors (Lipinski definition) is 1. The summed E-state index contributed by atoms with van der Waals surface area (Å²) >= 11 is 0. The van der Waals surface area contributed by atoms with Crippen LogP contribution in [0.3, 0.4) is 0 Å². The van der Waals surface area contributed by atoms with Gasteiger partial charge in [0.05, 0.1) is 37.2 Å². The zero-order valence-electron chi connectivity index (χ0n) is 19.7. The number of carbonyl (C=O) groups is 4. The van der Waals surface area contributed by atoms with Crippen LogP contribution in [0, 0.1) is 0 Å². The van der Waals surface area contributed by atoms with Crippen molar-refractivity contribution in [1.29, 1.82) is 0 Å². The summed E-state index contributed by atoms with van der Waals surface area (Å²) in [6.07, 6.45) is 4.05. The van der Waals surface area contributed by atoms with Gasteiger partial charge in [0, 0.05) is 29.6 Å². The van der Waals surface area contributed by atoms with E-state index in [2.05, 4.69) is 11.6 Å². The van der Waals surface area contributed by atoms with E-state index in [4.69, 9.17) is 9.47 Å². The molecule has 34 heavy (non-hydrogen) atoms. The van der Waals surface area contributed by atoms with Crippen molar-refractivity contribution in [2.45, 2.75) is 57.8 Å². The highest BCUT2D eigenvalue weighted by Crippen LogP contribution is 2.49. The topological polar surface area (TPSA) is 106 Å². The lowest BCUT2D eigenvalue weighted by Crippen LogP contribution is -2.44. The zero-order chi connectivity index (χ0) is 24.5. The lowest BCUT2D eigenvalue weighted by atomic mass is 9.75. The van der Waals surface area contributed by atoms with Gasteiger partial charge in [-0.25, -0.2) is 0 Å². The smallest absolute Gasteiger partial charge is 0.307 e. The molecule has 1 aliphatic carbocycles. The van der Waals surface area contributed by atoms with Crippen LogP contribution in [0.5, 0.6) is 0 Å². The molecular weight excluding hydrogens is 436 g/mol. The second-order valence-corrected chi connectivity index (χ2v) is 8.77. The summed E-state index contributed by atoms with van der Waals surface area (Å²) in [4.78, 5) is 56.6. The van der Waals surface area contributed by atoms with Gasteiger partial charge < -0.3 is 19.4 Å². The number of aryl methyl sites for hydroxylation is 1. The maximum atomic E-state index is 13.8. The van der Waals surface area contributed by atoms with Crippen LogP contribution in [0.15, 0.2) is 24.8 Å². The summed E-state index contributed by atoms with van der Waals surface area (Å²) < 4.78 is 10.4. The van der Waals surface area contributed by atoms with E-state index in [1.54, 1.807) is 24.8 Å². The molecule has 180 valence electrons. The number of ether oxygens (including phenoxy) is 2. The van der Waals surface area contributed by atoms with Crippen LogP contribution in [0.25, 0.3) is 10.9 Å². The highest BCUT2D eigenvalue weighted by atomic mass is 16.5. The number of Topliss-reactive ketones (excluding diaryl/α,β-unsaturated/α-hetero) is 1. The number of aromatic nitrogens is 1. The summed E-state index contributed by atoms with van der Waals surface area (Å²) in [5.41, 5.74) is 1.99. The second-order valence-electron chi connectivity index (χ2n) is 8.77. The average Bonchev–Trinajstić information content (AvgIpc) is 3.17. The number of esters is 2. The Morgan fingerprint density at radius 3 is 2.35 bits per heavy atom. The SMILES string of the molecule is C=CCN1C(=O)C(CC(=O)OCC)(CC(=O)OCC)c2cc3[nH]c4c(c3cc21)CCCCC4=O. The van der Waals surface area contributed by atoms with E-state index in [1.807, 2.05) is 12.1 Å². The molecule has 0 saturated carbocycles.